The molecule has 2 heterocycles. The summed E-state index contributed by atoms with van der Waals surface area (Å²) in [6.07, 6.45) is 4.30. The summed E-state index contributed by atoms with van der Waals surface area (Å²) in [5, 5.41) is 9.09. The van der Waals surface area contributed by atoms with E-state index in [1.807, 2.05) is 6.07 Å². The maximum Gasteiger partial charge on any atom is 0.131 e. The van der Waals surface area contributed by atoms with Gasteiger partial charge in [-0.1, -0.05) is 13.8 Å². The highest BCUT2D eigenvalue weighted by Gasteiger charge is 2.27. The monoisotopic (exact) mass is 234 g/mol. The molecule has 0 saturated carbocycles. The molecule has 94 valence electrons. The Kier molecular flexibility index (Phi) is 3.38. The Morgan fingerprint density at radius 3 is 2.82 bits per heavy atom. The summed E-state index contributed by atoms with van der Waals surface area (Å²) in [4.78, 5) is 6.88. The van der Waals surface area contributed by atoms with Gasteiger partial charge in [-0.05, 0) is 42.4 Å². The number of piperidine rings is 1. The molecule has 0 spiro atoms. The lowest BCUT2D eigenvalue weighted by Gasteiger charge is -2.39. The molecule has 1 aromatic rings. The van der Waals surface area contributed by atoms with Crippen LogP contribution in [-0.2, 0) is 6.61 Å². The number of pyridine rings is 1. The molecule has 0 bridgehead atoms. The van der Waals surface area contributed by atoms with Crippen molar-refractivity contribution in [3.8, 4) is 0 Å². The van der Waals surface area contributed by atoms with Crippen LogP contribution in [0.2, 0.25) is 0 Å². The van der Waals surface area contributed by atoms with Gasteiger partial charge < -0.3 is 10.0 Å². The topological polar surface area (TPSA) is 36.4 Å². The highest BCUT2D eigenvalue weighted by Crippen LogP contribution is 2.31. The second-order valence-electron chi connectivity index (χ2n) is 5.83. The minimum Gasteiger partial charge on any atom is -0.392 e. The van der Waals surface area contributed by atoms with Gasteiger partial charge in [0.05, 0.1) is 6.61 Å². The van der Waals surface area contributed by atoms with Crippen LogP contribution in [0.5, 0.6) is 0 Å². The third kappa shape index (κ3) is 2.78. The number of aliphatic hydroxyl groups is 1. The van der Waals surface area contributed by atoms with E-state index in [1.54, 1.807) is 6.20 Å². The van der Waals surface area contributed by atoms with Crippen molar-refractivity contribution in [1.82, 2.24) is 4.98 Å². The number of aromatic nitrogens is 1. The highest BCUT2D eigenvalue weighted by molar-refractivity contribution is 5.47. The first-order valence-corrected chi connectivity index (χ1v) is 6.33. The summed E-state index contributed by atoms with van der Waals surface area (Å²) in [6.45, 7) is 8.94. The van der Waals surface area contributed by atoms with Crippen LogP contribution in [0.1, 0.15) is 37.8 Å². The molecule has 1 saturated heterocycles. The minimum atomic E-state index is 0.0691. The molecule has 0 aromatic carbocycles. The Morgan fingerprint density at radius 2 is 2.24 bits per heavy atom. The predicted octanol–water partition coefficient (Wildman–Crippen LogP) is 2.51. The number of hydrogen-bond acceptors (Lipinski definition) is 3. The SMILES string of the molecule is Cc1cc(CO)cnc1N1CCCC(C)(C)C1. The van der Waals surface area contributed by atoms with Crippen LogP contribution in [0.3, 0.4) is 0 Å². The zero-order chi connectivity index (χ0) is 12.5. The van der Waals surface area contributed by atoms with E-state index < -0.39 is 0 Å². The minimum absolute atomic E-state index is 0.0691. The van der Waals surface area contributed by atoms with Crippen molar-refractivity contribution in [3.05, 3.63) is 23.4 Å². The molecule has 1 aliphatic rings. The van der Waals surface area contributed by atoms with Crippen molar-refractivity contribution in [2.45, 2.75) is 40.2 Å². The second kappa shape index (κ2) is 4.65. The first kappa shape index (κ1) is 12.4. The predicted molar refractivity (Wildman–Crippen MR) is 70.1 cm³/mol. The molecule has 3 nitrogen and oxygen atoms in total. The smallest absolute Gasteiger partial charge is 0.131 e. The quantitative estimate of drug-likeness (QED) is 0.854. The Balaban J connectivity index is 2.22. The van der Waals surface area contributed by atoms with E-state index in [4.69, 9.17) is 5.11 Å². The summed E-state index contributed by atoms with van der Waals surface area (Å²) in [5.74, 6) is 1.08. The zero-order valence-corrected chi connectivity index (χ0v) is 11.0. The summed E-state index contributed by atoms with van der Waals surface area (Å²) < 4.78 is 0. The molecule has 1 N–H and O–H groups in total. The summed E-state index contributed by atoms with van der Waals surface area (Å²) in [5.41, 5.74) is 2.43. The molecule has 1 aliphatic heterocycles. The van der Waals surface area contributed by atoms with Gasteiger partial charge in [-0.25, -0.2) is 4.98 Å². The Labute approximate surface area is 103 Å². The van der Waals surface area contributed by atoms with E-state index in [-0.39, 0.29) is 6.61 Å². The van der Waals surface area contributed by atoms with Gasteiger partial charge >= 0.3 is 0 Å². The van der Waals surface area contributed by atoms with Crippen LogP contribution < -0.4 is 4.90 Å². The van der Waals surface area contributed by atoms with Gasteiger partial charge in [0.25, 0.3) is 0 Å². The molecular formula is C14H22N2O. The van der Waals surface area contributed by atoms with E-state index in [2.05, 4.69) is 30.7 Å². The lowest BCUT2D eigenvalue weighted by Crippen LogP contribution is -2.40. The van der Waals surface area contributed by atoms with Gasteiger partial charge in [-0.15, -0.1) is 0 Å². The molecule has 0 atom stereocenters. The summed E-state index contributed by atoms with van der Waals surface area (Å²) in [6, 6.07) is 2.03. The van der Waals surface area contributed by atoms with Crippen LogP contribution >= 0.6 is 0 Å². The number of hydrogen-bond donors (Lipinski definition) is 1. The lowest BCUT2D eigenvalue weighted by molar-refractivity contribution is 0.280. The van der Waals surface area contributed by atoms with E-state index in [0.717, 1.165) is 30.0 Å². The molecular weight excluding hydrogens is 212 g/mol. The van der Waals surface area contributed by atoms with Gasteiger partial charge in [0.2, 0.25) is 0 Å². The van der Waals surface area contributed by atoms with Crippen molar-refractivity contribution >= 4 is 5.82 Å². The zero-order valence-electron chi connectivity index (χ0n) is 11.0. The van der Waals surface area contributed by atoms with Gasteiger partial charge in [0.1, 0.15) is 5.82 Å². The summed E-state index contributed by atoms with van der Waals surface area (Å²) in [7, 11) is 0. The van der Waals surface area contributed by atoms with Crippen molar-refractivity contribution in [1.29, 1.82) is 0 Å². The maximum atomic E-state index is 9.09. The fourth-order valence-electron chi connectivity index (χ4n) is 2.65. The number of anilines is 1. The number of aryl methyl sites for hydroxylation is 1. The van der Waals surface area contributed by atoms with Crippen molar-refractivity contribution in [2.75, 3.05) is 18.0 Å². The third-order valence-corrected chi connectivity index (χ3v) is 3.49. The molecule has 0 unspecified atom stereocenters. The van der Waals surface area contributed by atoms with Crippen LogP contribution in [0.25, 0.3) is 0 Å². The van der Waals surface area contributed by atoms with Gasteiger partial charge in [0, 0.05) is 19.3 Å². The third-order valence-electron chi connectivity index (χ3n) is 3.49. The van der Waals surface area contributed by atoms with E-state index >= 15 is 0 Å². The number of aliphatic hydroxyl groups excluding tert-OH is 1. The van der Waals surface area contributed by atoms with Gasteiger partial charge in [0.15, 0.2) is 0 Å². The van der Waals surface area contributed by atoms with E-state index in [1.165, 1.54) is 12.8 Å². The lowest BCUT2D eigenvalue weighted by atomic mass is 9.84. The molecule has 3 heteroatoms. The molecule has 2 rings (SSSR count). The average Bonchev–Trinajstić information content (AvgIpc) is 2.27. The molecule has 0 radical (unpaired) electrons. The fourth-order valence-corrected chi connectivity index (χ4v) is 2.65. The van der Waals surface area contributed by atoms with E-state index in [0.29, 0.717) is 5.41 Å². The highest BCUT2D eigenvalue weighted by atomic mass is 16.3. The molecule has 0 aliphatic carbocycles. The molecule has 1 aromatic heterocycles. The van der Waals surface area contributed by atoms with Gasteiger partial charge in [-0.2, -0.15) is 0 Å². The van der Waals surface area contributed by atoms with Gasteiger partial charge in [-0.3, -0.25) is 0 Å². The Bertz CT molecular complexity index is 401. The number of rotatable bonds is 2. The first-order chi connectivity index (χ1) is 8.02. The molecule has 0 amide bonds. The normalized spacial score (nSPS) is 19.4. The van der Waals surface area contributed by atoms with Crippen molar-refractivity contribution in [3.63, 3.8) is 0 Å². The van der Waals surface area contributed by atoms with Crippen LogP contribution in [0, 0.1) is 12.3 Å². The maximum absolute atomic E-state index is 9.09. The molecule has 17 heavy (non-hydrogen) atoms. The van der Waals surface area contributed by atoms with Crippen LogP contribution in [-0.4, -0.2) is 23.2 Å². The molecule has 1 fully saturated rings. The first-order valence-electron chi connectivity index (χ1n) is 6.33. The largest absolute Gasteiger partial charge is 0.392 e. The van der Waals surface area contributed by atoms with Crippen LogP contribution in [0.15, 0.2) is 12.3 Å². The second-order valence-corrected chi connectivity index (χ2v) is 5.83. The average molecular weight is 234 g/mol. The van der Waals surface area contributed by atoms with E-state index in [9.17, 15) is 0 Å². The standard InChI is InChI=1S/C14H22N2O/c1-11-7-12(9-17)8-15-13(11)16-6-4-5-14(2,3)10-16/h7-8,17H,4-6,9-10H2,1-3H3. The summed E-state index contributed by atoms with van der Waals surface area (Å²) >= 11 is 0. The van der Waals surface area contributed by atoms with Crippen molar-refractivity contribution < 1.29 is 5.11 Å². The Hall–Kier alpha value is -1.09. The van der Waals surface area contributed by atoms with Crippen LogP contribution in [0.4, 0.5) is 5.82 Å². The Morgan fingerprint density at radius 1 is 1.47 bits per heavy atom. The van der Waals surface area contributed by atoms with Crippen molar-refractivity contribution in [2.24, 2.45) is 5.41 Å². The fraction of sp³-hybridized carbons (Fsp3) is 0.643. The number of nitrogens with zero attached hydrogens (tertiary/aromatic N) is 2.